The minimum atomic E-state index is -0.377. The quantitative estimate of drug-likeness (QED) is 0.261. The Hall–Kier alpha value is -1.53. The van der Waals surface area contributed by atoms with Gasteiger partial charge in [0.25, 0.3) is 5.91 Å². The summed E-state index contributed by atoms with van der Waals surface area (Å²) in [5.41, 5.74) is 0.851. The van der Waals surface area contributed by atoms with E-state index in [1.807, 2.05) is 6.07 Å². The molecule has 2 rings (SSSR count). The van der Waals surface area contributed by atoms with E-state index >= 15 is 0 Å². The number of amides is 1. The fourth-order valence-electron chi connectivity index (χ4n) is 2.43. The number of thiocarbonyl (C=S) groups is 1. The zero-order chi connectivity index (χ0) is 20.5. The summed E-state index contributed by atoms with van der Waals surface area (Å²) < 4.78 is 5.77. The van der Waals surface area contributed by atoms with E-state index in [0.29, 0.717) is 38.7 Å². The van der Waals surface area contributed by atoms with Crippen molar-refractivity contribution in [3.05, 3.63) is 57.0 Å². The van der Waals surface area contributed by atoms with Crippen molar-refractivity contribution in [2.45, 2.75) is 32.6 Å². The molecule has 0 radical (unpaired) electrons. The Bertz CT molecular complexity index is 846. The molecule has 2 aromatic carbocycles. The van der Waals surface area contributed by atoms with Crippen molar-refractivity contribution < 1.29 is 9.53 Å². The van der Waals surface area contributed by atoms with E-state index in [1.165, 1.54) is 18.6 Å². The number of carbonyl (C=O) groups is 1. The molecule has 4 nitrogen and oxygen atoms in total. The molecule has 150 valence electrons. The number of rotatable bonds is 8. The number of unbranched alkanes of at least 4 members (excludes halogenated alkanes) is 3. The van der Waals surface area contributed by atoms with Crippen LogP contribution in [0.4, 0.5) is 5.69 Å². The van der Waals surface area contributed by atoms with Crippen molar-refractivity contribution in [1.29, 1.82) is 0 Å². The minimum Gasteiger partial charge on any atom is -0.493 e. The third kappa shape index (κ3) is 6.82. The predicted octanol–water partition coefficient (Wildman–Crippen LogP) is 6.73. The van der Waals surface area contributed by atoms with E-state index in [0.717, 1.165) is 19.3 Å². The molecule has 0 aliphatic heterocycles. The molecule has 0 saturated carbocycles. The summed E-state index contributed by atoms with van der Waals surface area (Å²) in [4.78, 5) is 12.6. The van der Waals surface area contributed by atoms with Crippen LogP contribution < -0.4 is 15.4 Å². The summed E-state index contributed by atoms with van der Waals surface area (Å²) in [6, 6.07) is 10.1. The van der Waals surface area contributed by atoms with E-state index in [4.69, 9.17) is 51.8 Å². The SMILES string of the molecule is CCCCCCOc1ccccc1C(=O)NC(=S)Nc1cc(Cl)c(Cl)cc1Cl. The smallest absolute Gasteiger partial charge is 0.261 e. The summed E-state index contributed by atoms with van der Waals surface area (Å²) in [5, 5.41) is 6.55. The van der Waals surface area contributed by atoms with Gasteiger partial charge in [0.2, 0.25) is 0 Å². The normalized spacial score (nSPS) is 10.4. The second kappa shape index (κ2) is 11.5. The number of carbonyl (C=O) groups excluding carboxylic acids is 1. The molecule has 0 aromatic heterocycles. The zero-order valence-electron chi connectivity index (χ0n) is 15.4. The summed E-state index contributed by atoms with van der Waals surface area (Å²) in [5.74, 6) is 0.143. The van der Waals surface area contributed by atoms with Crippen LogP contribution in [0, 0.1) is 0 Å². The van der Waals surface area contributed by atoms with Crippen LogP contribution in [0.2, 0.25) is 15.1 Å². The summed E-state index contributed by atoms with van der Waals surface area (Å²) in [7, 11) is 0. The highest BCUT2D eigenvalue weighted by molar-refractivity contribution is 7.80. The van der Waals surface area contributed by atoms with Crippen LogP contribution in [-0.2, 0) is 0 Å². The standard InChI is InChI=1S/C20H21Cl3N2O2S/c1-2-3-4-7-10-27-18-9-6-5-8-13(18)19(26)25-20(28)24-17-12-15(22)14(21)11-16(17)23/h5-6,8-9,11-12H,2-4,7,10H2,1H3,(H2,24,25,26,28). The lowest BCUT2D eigenvalue weighted by atomic mass is 10.2. The lowest BCUT2D eigenvalue weighted by Gasteiger charge is -2.14. The van der Waals surface area contributed by atoms with Crippen molar-refractivity contribution in [1.82, 2.24) is 5.32 Å². The van der Waals surface area contributed by atoms with Crippen LogP contribution >= 0.6 is 47.0 Å². The first-order chi connectivity index (χ1) is 13.4. The Morgan fingerprint density at radius 2 is 1.75 bits per heavy atom. The van der Waals surface area contributed by atoms with Gasteiger partial charge in [0.05, 0.1) is 32.9 Å². The summed E-state index contributed by atoms with van der Waals surface area (Å²) >= 11 is 23.2. The molecule has 2 aromatic rings. The van der Waals surface area contributed by atoms with E-state index in [2.05, 4.69) is 17.6 Å². The first-order valence-electron chi connectivity index (χ1n) is 8.91. The van der Waals surface area contributed by atoms with E-state index in [1.54, 1.807) is 18.2 Å². The van der Waals surface area contributed by atoms with E-state index in [9.17, 15) is 4.79 Å². The molecule has 0 atom stereocenters. The van der Waals surface area contributed by atoms with Crippen LogP contribution in [0.25, 0.3) is 0 Å². The molecular formula is C20H21Cl3N2O2S. The molecule has 1 amide bonds. The van der Waals surface area contributed by atoms with Crippen LogP contribution in [0.1, 0.15) is 43.0 Å². The first-order valence-corrected chi connectivity index (χ1v) is 10.4. The number of ether oxygens (including phenoxy) is 1. The molecule has 0 unspecified atom stereocenters. The Morgan fingerprint density at radius 1 is 1.04 bits per heavy atom. The summed E-state index contributed by atoms with van der Waals surface area (Å²) in [6.45, 7) is 2.72. The van der Waals surface area contributed by atoms with Crippen LogP contribution in [0.5, 0.6) is 5.75 Å². The summed E-state index contributed by atoms with van der Waals surface area (Å²) in [6.07, 6.45) is 4.37. The molecule has 0 heterocycles. The molecule has 0 aliphatic carbocycles. The Morgan fingerprint density at radius 3 is 2.50 bits per heavy atom. The van der Waals surface area contributed by atoms with Gasteiger partial charge in [0, 0.05) is 0 Å². The highest BCUT2D eigenvalue weighted by Crippen LogP contribution is 2.32. The van der Waals surface area contributed by atoms with Gasteiger partial charge in [-0.05, 0) is 42.9 Å². The van der Waals surface area contributed by atoms with Crippen molar-refractivity contribution in [3.63, 3.8) is 0 Å². The largest absolute Gasteiger partial charge is 0.493 e. The molecular weight excluding hydrogens is 439 g/mol. The minimum absolute atomic E-state index is 0.0861. The predicted molar refractivity (Wildman–Crippen MR) is 121 cm³/mol. The van der Waals surface area contributed by atoms with Gasteiger partial charge < -0.3 is 10.1 Å². The maximum absolute atomic E-state index is 12.6. The van der Waals surface area contributed by atoms with Gasteiger partial charge in [-0.3, -0.25) is 10.1 Å². The van der Waals surface area contributed by atoms with Gasteiger partial charge in [-0.2, -0.15) is 0 Å². The number of nitrogens with one attached hydrogen (secondary N) is 2. The highest BCUT2D eigenvalue weighted by atomic mass is 35.5. The third-order valence-corrected chi connectivity index (χ3v) is 5.11. The molecule has 2 N–H and O–H groups in total. The lowest BCUT2D eigenvalue weighted by molar-refractivity contribution is 0.0973. The van der Waals surface area contributed by atoms with Crippen LogP contribution in [0.15, 0.2) is 36.4 Å². The Labute approximate surface area is 185 Å². The Balaban J connectivity index is 1.99. The molecule has 8 heteroatoms. The fraction of sp³-hybridized carbons (Fsp3) is 0.300. The third-order valence-electron chi connectivity index (χ3n) is 3.87. The number of halogens is 3. The van der Waals surface area contributed by atoms with Gasteiger partial charge in [-0.1, -0.05) is 73.1 Å². The van der Waals surface area contributed by atoms with Gasteiger partial charge in [-0.25, -0.2) is 0 Å². The maximum Gasteiger partial charge on any atom is 0.261 e. The van der Waals surface area contributed by atoms with Crippen molar-refractivity contribution in [2.24, 2.45) is 0 Å². The average Bonchev–Trinajstić information content (AvgIpc) is 2.66. The molecule has 0 bridgehead atoms. The monoisotopic (exact) mass is 458 g/mol. The number of anilines is 1. The zero-order valence-corrected chi connectivity index (χ0v) is 18.4. The van der Waals surface area contributed by atoms with Crippen LogP contribution in [0.3, 0.4) is 0 Å². The topological polar surface area (TPSA) is 50.4 Å². The fourth-order valence-corrected chi connectivity index (χ4v) is 3.23. The van der Waals surface area contributed by atoms with Gasteiger partial charge in [0.15, 0.2) is 5.11 Å². The van der Waals surface area contributed by atoms with Gasteiger partial charge >= 0.3 is 0 Å². The average molecular weight is 460 g/mol. The molecule has 28 heavy (non-hydrogen) atoms. The number of benzene rings is 2. The maximum atomic E-state index is 12.6. The van der Waals surface area contributed by atoms with E-state index < -0.39 is 0 Å². The van der Waals surface area contributed by atoms with Crippen molar-refractivity contribution >= 4 is 63.7 Å². The van der Waals surface area contributed by atoms with E-state index in [-0.39, 0.29) is 11.0 Å². The van der Waals surface area contributed by atoms with Crippen molar-refractivity contribution in [3.8, 4) is 5.75 Å². The lowest BCUT2D eigenvalue weighted by Crippen LogP contribution is -2.34. The first kappa shape index (κ1) is 22.8. The molecule has 0 saturated heterocycles. The highest BCUT2D eigenvalue weighted by Gasteiger charge is 2.15. The Kier molecular flexibility index (Phi) is 9.32. The van der Waals surface area contributed by atoms with Crippen molar-refractivity contribution in [2.75, 3.05) is 11.9 Å². The van der Waals surface area contributed by atoms with Gasteiger partial charge in [-0.15, -0.1) is 0 Å². The molecule has 0 fully saturated rings. The second-order valence-electron chi connectivity index (χ2n) is 6.06. The second-order valence-corrected chi connectivity index (χ2v) is 7.69. The van der Waals surface area contributed by atoms with Gasteiger partial charge in [0.1, 0.15) is 5.75 Å². The number of hydrogen-bond donors (Lipinski definition) is 2. The number of para-hydroxylation sites is 1. The molecule has 0 aliphatic rings. The molecule has 0 spiro atoms. The van der Waals surface area contributed by atoms with Crippen LogP contribution in [-0.4, -0.2) is 17.6 Å². The number of hydrogen-bond acceptors (Lipinski definition) is 3.